The van der Waals surface area contributed by atoms with Gasteiger partial charge in [0.25, 0.3) is 0 Å². The molecule has 3 N–H and O–H groups in total. The summed E-state index contributed by atoms with van der Waals surface area (Å²) in [5.41, 5.74) is -0.0475. The fourth-order valence-electron chi connectivity index (χ4n) is 1.86. The topological polar surface area (TPSA) is 56.7 Å². The highest BCUT2D eigenvalue weighted by Gasteiger charge is 2.25. The van der Waals surface area contributed by atoms with Crippen LogP contribution in [0, 0.1) is 0 Å². The van der Waals surface area contributed by atoms with E-state index < -0.39 is 5.60 Å². The zero-order chi connectivity index (χ0) is 13.7. The molecule has 0 radical (unpaired) electrons. The average molecular weight is 389 g/mol. The highest BCUT2D eigenvalue weighted by molar-refractivity contribution is 14.0. The summed E-state index contributed by atoms with van der Waals surface area (Å²) in [5.74, 6) is 0.793. The summed E-state index contributed by atoms with van der Waals surface area (Å²) in [6.45, 7) is 5.01. The predicted molar refractivity (Wildman–Crippen MR) is 93.6 cm³/mol. The second-order valence-corrected chi connectivity index (χ2v) is 5.25. The second-order valence-electron chi connectivity index (χ2n) is 5.25. The molecule has 1 aliphatic rings. The number of halogens is 1. The van der Waals surface area contributed by atoms with Crippen LogP contribution >= 0.6 is 24.0 Å². The first-order valence-corrected chi connectivity index (χ1v) is 6.94. The van der Waals surface area contributed by atoms with Gasteiger partial charge in [-0.25, -0.2) is 4.99 Å². The van der Waals surface area contributed by atoms with Crippen LogP contribution < -0.4 is 10.6 Å². The lowest BCUT2D eigenvalue weighted by Gasteiger charge is -2.22. The standard InChI is InChI=1S/C15H23N3O.HI/c1-3-16-14(18-13-9-10-13)17-11-15(2,19)12-7-5-4-6-8-12;/h4-8,13,19H,3,9-11H2,1-2H3,(H2,16,17,18);1H. The Balaban J connectivity index is 0.00000200. The number of hydrogen-bond acceptors (Lipinski definition) is 2. The van der Waals surface area contributed by atoms with Gasteiger partial charge in [0.2, 0.25) is 0 Å². The Bertz CT molecular complexity index is 430. The van der Waals surface area contributed by atoms with Crippen molar-refractivity contribution in [2.75, 3.05) is 13.1 Å². The van der Waals surface area contributed by atoms with Gasteiger partial charge in [-0.15, -0.1) is 24.0 Å². The van der Waals surface area contributed by atoms with Crippen molar-refractivity contribution in [1.29, 1.82) is 0 Å². The molecule has 1 aliphatic carbocycles. The van der Waals surface area contributed by atoms with E-state index in [2.05, 4.69) is 15.6 Å². The average Bonchev–Trinajstić information content (AvgIpc) is 3.21. The molecule has 0 aliphatic heterocycles. The number of rotatable bonds is 5. The molecule has 112 valence electrons. The molecular formula is C15H24IN3O. The first-order chi connectivity index (χ1) is 9.12. The normalized spacial score (nSPS) is 17.9. The van der Waals surface area contributed by atoms with Gasteiger partial charge < -0.3 is 15.7 Å². The quantitative estimate of drug-likeness (QED) is 0.411. The molecular weight excluding hydrogens is 365 g/mol. The van der Waals surface area contributed by atoms with Crippen LogP contribution in [0.25, 0.3) is 0 Å². The Kier molecular flexibility index (Phi) is 6.75. The Labute approximate surface area is 138 Å². The lowest BCUT2D eigenvalue weighted by Crippen LogP contribution is -2.39. The summed E-state index contributed by atoms with van der Waals surface area (Å²) in [6, 6.07) is 10.2. The molecule has 4 nitrogen and oxygen atoms in total. The molecule has 5 heteroatoms. The zero-order valence-electron chi connectivity index (χ0n) is 12.1. The number of aliphatic hydroxyl groups is 1. The molecule has 1 aromatic carbocycles. The molecule has 1 fully saturated rings. The predicted octanol–water partition coefficient (Wildman–Crippen LogP) is 2.23. The summed E-state index contributed by atoms with van der Waals surface area (Å²) >= 11 is 0. The van der Waals surface area contributed by atoms with Gasteiger partial charge in [0.05, 0.1) is 6.54 Å². The van der Waals surface area contributed by atoms with E-state index in [1.165, 1.54) is 12.8 Å². The van der Waals surface area contributed by atoms with Gasteiger partial charge in [-0.1, -0.05) is 30.3 Å². The van der Waals surface area contributed by atoms with Crippen molar-refractivity contribution in [3.05, 3.63) is 35.9 Å². The van der Waals surface area contributed by atoms with E-state index in [9.17, 15) is 5.11 Å². The van der Waals surface area contributed by atoms with E-state index in [1.807, 2.05) is 37.3 Å². The number of guanidine groups is 1. The molecule has 0 bridgehead atoms. The minimum absolute atomic E-state index is 0. The second kappa shape index (κ2) is 7.83. The molecule has 0 spiro atoms. The molecule has 0 aromatic heterocycles. The van der Waals surface area contributed by atoms with E-state index >= 15 is 0 Å². The van der Waals surface area contributed by atoms with Crippen LogP contribution in [-0.4, -0.2) is 30.2 Å². The van der Waals surface area contributed by atoms with Gasteiger partial charge in [0, 0.05) is 12.6 Å². The van der Waals surface area contributed by atoms with E-state index in [0.29, 0.717) is 12.6 Å². The number of nitrogens with one attached hydrogen (secondary N) is 2. The Morgan fingerprint density at radius 2 is 2.00 bits per heavy atom. The van der Waals surface area contributed by atoms with Gasteiger partial charge in [0.1, 0.15) is 5.60 Å². The zero-order valence-corrected chi connectivity index (χ0v) is 14.4. The molecule has 20 heavy (non-hydrogen) atoms. The molecule has 2 rings (SSSR count). The van der Waals surface area contributed by atoms with Crippen molar-refractivity contribution >= 4 is 29.9 Å². The first-order valence-electron chi connectivity index (χ1n) is 6.94. The summed E-state index contributed by atoms with van der Waals surface area (Å²) in [7, 11) is 0. The Hall–Kier alpha value is -0.820. The van der Waals surface area contributed by atoms with Crippen molar-refractivity contribution in [1.82, 2.24) is 10.6 Å². The van der Waals surface area contributed by atoms with E-state index in [4.69, 9.17) is 0 Å². The third-order valence-corrected chi connectivity index (χ3v) is 3.20. The van der Waals surface area contributed by atoms with Crippen LogP contribution in [0.2, 0.25) is 0 Å². The van der Waals surface area contributed by atoms with Crippen LogP contribution in [0.15, 0.2) is 35.3 Å². The number of aliphatic imine (C=N–C) groups is 1. The lowest BCUT2D eigenvalue weighted by molar-refractivity contribution is 0.0672. The third-order valence-electron chi connectivity index (χ3n) is 3.20. The third kappa shape index (κ3) is 5.28. The number of benzene rings is 1. The maximum atomic E-state index is 10.5. The highest BCUT2D eigenvalue weighted by Crippen LogP contribution is 2.21. The van der Waals surface area contributed by atoms with Crippen molar-refractivity contribution < 1.29 is 5.11 Å². The van der Waals surface area contributed by atoms with Crippen molar-refractivity contribution in [2.45, 2.75) is 38.3 Å². The maximum absolute atomic E-state index is 10.5. The van der Waals surface area contributed by atoms with Gasteiger partial charge in [0.15, 0.2) is 5.96 Å². The molecule has 0 heterocycles. The molecule has 0 amide bonds. The Morgan fingerprint density at radius 1 is 1.35 bits per heavy atom. The maximum Gasteiger partial charge on any atom is 0.191 e. The molecule has 1 aromatic rings. The van der Waals surface area contributed by atoms with Crippen LogP contribution in [-0.2, 0) is 5.60 Å². The molecule has 0 saturated heterocycles. The van der Waals surface area contributed by atoms with Crippen LogP contribution in [0.5, 0.6) is 0 Å². The smallest absolute Gasteiger partial charge is 0.191 e. The summed E-state index contributed by atoms with van der Waals surface area (Å²) in [4.78, 5) is 4.49. The van der Waals surface area contributed by atoms with Crippen molar-refractivity contribution in [3.63, 3.8) is 0 Å². The van der Waals surface area contributed by atoms with E-state index in [0.717, 1.165) is 18.1 Å². The van der Waals surface area contributed by atoms with Crippen LogP contribution in [0.1, 0.15) is 32.3 Å². The summed E-state index contributed by atoms with van der Waals surface area (Å²) < 4.78 is 0. The molecule has 1 unspecified atom stereocenters. The first kappa shape index (κ1) is 17.2. The van der Waals surface area contributed by atoms with Crippen LogP contribution in [0.4, 0.5) is 0 Å². The highest BCUT2D eigenvalue weighted by atomic mass is 127. The number of nitrogens with zero attached hydrogens (tertiary/aromatic N) is 1. The van der Waals surface area contributed by atoms with Gasteiger partial charge in [-0.05, 0) is 32.3 Å². The van der Waals surface area contributed by atoms with E-state index in [1.54, 1.807) is 6.92 Å². The SMILES string of the molecule is CCNC(=NCC(C)(O)c1ccccc1)NC1CC1.I. The van der Waals surface area contributed by atoms with Crippen molar-refractivity contribution in [3.8, 4) is 0 Å². The minimum atomic E-state index is -0.937. The Morgan fingerprint density at radius 3 is 2.55 bits per heavy atom. The lowest BCUT2D eigenvalue weighted by atomic mass is 9.96. The van der Waals surface area contributed by atoms with Crippen molar-refractivity contribution in [2.24, 2.45) is 4.99 Å². The van der Waals surface area contributed by atoms with Gasteiger partial charge in [-0.3, -0.25) is 0 Å². The van der Waals surface area contributed by atoms with Crippen LogP contribution in [0.3, 0.4) is 0 Å². The number of hydrogen-bond donors (Lipinski definition) is 3. The monoisotopic (exact) mass is 389 g/mol. The van der Waals surface area contributed by atoms with E-state index in [-0.39, 0.29) is 24.0 Å². The summed E-state index contributed by atoms with van der Waals surface area (Å²) in [6.07, 6.45) is 2.42. The largest absolute Gasteiger partial charge is 0.384 e. The van der Waals surface area contributed by atoms with Gasteiger partial charge >= 0.3 is 0 Å². The fraction of sp³-hybridized carbons (Fsp3) is 0.533. The molecule has 1 saturated carbocycles. The minimum Gasteiger partial charge on any atom is -0.384 e. The molecule has 1 atom stereocenters. The van der Waals surface area contributed by atoms with Gasteiger partial charge in [-0.2, -0.15) is 0 Å². The summed E-state index contributed by atoms with van der Waals surface area (Å²) in [5, 5.41) is 17.0. The fourth-order valence-corrected chi connectivity index (χ4v) is 1.86.